The lowest BCUT2D eigenvalue weighted by Gasteiger charge is -2.13. The molecule has 0 bridgehead atoms. The van der Waals surface area contributed by atoms with E-state index in [1.54, 1.807) is 11.3 Å². The highest BCUT2D eigenvalue weighted by atomic mass is 32.1. The topological polar surface area (TPSA) is 46.2 Å². The molecule has 0 aliphatic heterocycles. The Morgan fingerprint density at radius 3 is 2.76 bits per heavy atom. The number of anilines is 2. The van der Waals surface area contributed by atoms with Crippen molar-refractivity contribution in [1.29, 1.82) is 0 Å². The second-order valence-corrected chi connectivity index (χ2v) is 8.03. The van der Waals surface area contributed by atoms with Crippen LogP contribution < -0.4 is 15.4 Å². The first kappa shape index (κ1) is 19.4. The van der Waals surface area contributed by atoms with Gasteiger partial charge in [-0.1, -0.05) is 24.3 Å². The summed E-state index contributed by atoms with van der Waals surface area (Å²) in [5, 5.41) is 10.2. The van der Waals surface area contributed by atoms with Crippen molar-refractivity contribution in [1.82, 2.24) is 10.3 Å². The number of thiophene rings is 1. The van der Waals surface area contributed by atoms with Gasteiger partial charge in [0, 0.05) is 46.5 Å². The molecule has 29 heavy (non-hydrogen) atoms. The second-order valence-electron chi connectivity index (χ2n) is 7.03. The highest BCUT2D eigenvalue weighted by Crippen LogP contribution is 2.28. The summed E-state index contributed by atoms with van der Waals surface area (Å²) < 4.78 is 5.93. The molecule has 0 atom stereocenters. The Morgan fingerprint density at radius 2 is 1.90 bits per heavy atom. The van der Waals surface area contributed by atoms with E-state index in [1.807, 2.05) is 43.3 Å². The third kappa shape index (κ3) is 4.94. The number of hydrogen-bond acceptors (Lipinski definition) is 5. The van der Waals surface area contributed by atoms with Gasteiger partial charge in [-0.3, -0.25) is 4.98 Å². The van der Waals surface area contributed by atoms with Crippen LogP contribution in [-0.2, 0) is 6.54 Å². The molecule has 5 heteroatoms. The van der Waals surface area contributed by atoms with Crippen LogP contribution in [0.3, 0.4) is 0 Å². The van der Waals surface area contributed by atoms with Gasteiger partial charge in [0.1, 0.15) is 12.4 Å². The van der Waals surface area contributed by atoms with Gasteiger partial charge in [0.15, 0.2) is 0 Å². The first-order chi connectivity index (χ1) is 14.2. The molecule has 0 aliphatic rings. The van der Waals surface area contributed by atoms with Crippen molar-refractivity contribution in [3.05, 3.63) is 82.2 Å². The molecule has 0 fully saturated rings. The minimum Gasteiger partial charge on any atom is -0.492 e. The molecule has 0 amide bonds. The molecule has 2 heterocycles. The van der Waals surface area contributed by atoms with Crippen LogP contribution in [-0.4, -0.2) is 18.1 Å². The highest BCUT2D eigenvalue weighted by molar-refractivity contribution is 7.10. The summed E-state index contributed by atoms with van der Waals surface area (Å²) in [7, 11) is 0. The molecule has 4 aromatic rings. The van der Waals surface area contributed by atoms with Crippen LogP contribution >= 0.6 is 11.3 Å². The predicted octanol–water partition coefficient (Wildman–Crippen LogP) is 5.83. The number of hydrogen-bond donors (Lipinski definition) is 2. The summed E-state index contributed by atoms with van der Waals surface area (Å²) in [6.45, 7) is 6.50. The first-order valence-corrected chi connectivity index (χ1v) is 10.7. The lowest BCUT2D eigenvalue weighted by Crippen LogP contribution is -2.20. The Hall–Kier alpha value is -2.89. The lowest BCUT2D eigenvalue weighted by molar-refractivity contribution is 0.314. The minimum absolute atomic E-state index is 0.630. The lowest BCUT2D eigenvalue weighted by atomic mass is 10.1. The van der Waals surface area contributed by atoms with E-state index in [-0.39, 0.29) is 0 Å². The third-order valence-corrected chi connectivity index (χ3v) is 5.78. The maximum atomic E-state index is 5.93. The number of ether oxygens (including phenoxy) is 1. The number of rotatable bonds is 8. The number of nitrogens with zero attached hydrogens (tertiary/aromatic N) is 1. The van der Waals surface area contributed by atoms with Crippen LogP contribution in [0.4, 0.5) is 11.4 Å². The molecule has 2 N–H and O–H groups in total. The van der Waals surface area contributed by atoms with Crippen LogP contribution in [0.15, 0.2) is 66.0 Å². The second kappa shape index (κ2) is 9.07. The van der Waals surface area contributed by atoms with Crippen LogP contribution in [0.25, 0.3) is 10.9 Å². The molecule has 0 unspecified atom stereocenters. The standard InChI is InChI=1S/C24H25N3OS/c1-17-10-13-29-24(17)16-25-11-12-28-20-7-5-6-19(15-20)27-23-14-18(2)26-22-9-4-3-8-21(22)23/h3-10,13-15,25H,11-12,16H2,1-2H3,(H,26,27). The van der Waals surface area contributed by atoms with E-state index in [4.69, 9.17) is 4.74 Å². The van der Waals surface area contributed by atoms with E-state index in [0.29, 0.717) is 6.61 Å². The minimum atomic E-state index is 0.630. The Kier molecular flexibility index (Phi) is 6.08. The van der Waals surface area contributed by atoms with Gasteiger partial charge in [-0.15, -0.1) is 11.3 Å². The van der Waals surface area contributed by atoms with Crippen molar-refractivity contribution < 1.29 is 4.74 Å². The fourth-order valence-electron chi connectivity index (χ4n) is 3.26. The summed E-state index contributed by atoms with van der Waals surface area (Å²) in [6.07, 6.45) is 0. The molecule has 4 nitrogen and oxygen atoms in total. The van der Waals surface area contributed by atoms with E-state index < -0.39 is 0 Å². The van der Waals surface area contributed by atoms with Gasteiger partial charge in [-0.05, 0) is 55.1 Å². The highest BCUT2D eigenvalue weighted by Gasteiger charge is 2.05. The molecule has 4 rings (SSSR count). The predicted molar refractivity (Wildman–Crippen MR) is 122 cm³/mol. The Labute approximate surface area is 175 Å². The average molecular weight is 404 g/mol. The fourth-order valence-corrected chi connectivity index (χ4v) is 4.13. The number of aryl methyl sites for hydroxylation is 2. The first-order valence-electron chi connectivity index (χ1n) is 9.79. The third-order valence-electron chi connectivity index (χ3n) is 4.76. The average Bonchev–Trinajstić information content (AvgIpc) is 3.13. The Bertz CT molecular complexity index is 1110. The molecular formula is C24H25N3OS. The van der Waals surface area contributed by atoms with E-state index in [0.717, 1.165) is 46.8 Å². The molecule has 0 saturated heterocycles. The molecule has 0 saturated carbocycles. The van der Waals surface area contributed by atoms with E-state index in [1.165, 1.54) is 10.4 Å². The largest absolute Gasteiger partial charge is 0.492 e. The van der Waals surface area contributed by atoms with Gasteiger partial charge in [0.25, 0.3) is 0 Å². The number of pyridine rings is 1. The van der Waals surface area contributed by atoms with Gasteiger partial charge >= 0.3 is 0 Å². The zero-order valence-corrected chi connectivity index (χ0v) is 17.6. The van der Waals surface area contributed by atoms with Crippen molar-refractivity contribution in [2.75, 3.05) is 18.5 Å². The quantitative estimate of drug-likeness (QED) is 0.364. The van der Waals surface area contributed by atoms with Gasteiger partial charge in [-0.2, -0.15) is 0 Å². The van der Waals surface area contributed by atoms with E-state index >= 15 is 0 Å². The van der Waals surface area contributed by atoms with Crippen LogP contribution in [0, 0.1) is 13.8 Å². The molecule has 0 spiro atoms. The molecule has 2 aromatic carbocycles. The van der Waals surface area contributed by atoms with Crippen molar-refractivity contribution in [3.8, 4) is 5.75 Å². The van der Waals surface area contributed by atoms with Gasteiger partial charge < -0.3 is 15.4 Å². The van der Waals surface area contributed by atoms with Crippen molar-refractivity contribution in [3.63, 3.8) is 0 Å². The molecule has 0 radical (unpaired) electrons. The van der Waals surface area contributed by atoms with Gasteiger partial charge in [0.2, 0.25) is 0 Å². The van der Waals surface area contributed by atoms with Crippen LogP contribution in [0.5, 0.6) is 5.75 Å². The fraction of sp³-hybridized carbons (Fsp3) is 0.208. The molecular weight excluding hydrogens is 378 g/mol. The maximum Gasteiger partial charge on any atom is 0.121 e. The summed E-state index contributed by atoms with van der Waals surface area (Å²) >= 11 is 1.79. The van der Waals surface area contributed by atoms with Crippen LogP contribution in [0.1, 0.15) is 16.1 Å². The molecule has 2 aromatic heterocycles. The molecule has 0 aliphatic carbocycles. The summed E-state index contributed by atoms with van der Waals surface area (Å²) in [5.41, 5.74) is 5.39. The number of benzene rings is 2. The number of para-hydroxylation sites is 1. The maximum absolute atomic E-state index is 5.93. The van der Waals surface area contributed by atoms with Crippen molar-refractivity contribution >= 4 is 33.6 Å². The number of aromatic nitrogens is 1. The zero-order chi connectivity index (χ0) is 20.1. The monoisotopic (exact) mass is 403 g/mol. The van der Waals surface area contributed by atoms with E-state index in [2.05, 4.69) is 52.2 Å². The van der Waals surface area contributed by atoms with Crippen molar-refractivity contribution in [2.24, 2.45) is 0 Å². The van der Waals surface area contributed by atoms with Crippen LogP contribution in [0.2, 0.25) is 0 Å². The Balaban J connectivity index is 1.36. The van der Waals surface area contributed by atoms with Gasteiger partial charge in [-0.25, -0.2) is 0 Å². The SMILES string of the molecule is Cc1cc(Nc2cccc(OCCNCc3sccc3C)c2)c2ccccc2n1. The van der Waals surface area contributed by atoms with Crippen molar-refractivity contribution in [2.45, 2.75) is 20.4 Å². The Morgan fingerprint density at radius 1 is 1.00 bits per heavy atom. The van der Waals surface area contributed by atoms with Gasteiger partial charge in [0.05, 0.1) is 5.52 Å². The molecule has 148 valence electrons. The summed E-state index contributed by atoms with van der Waals surface area (Å²) in [4.78, 5) is 5.99. The number of nitrogens with one attached hydrogen (secondary N) is 2. The summed E-state index contributed by atoms with van der Waals surface area (Å²) in [6, 6.07) is 20.5. The number of fused-ring (bicyclic) bond motifs is 1. The summed E-state index contributed by atoms with van der Waals surface area (Å²) in [5.74, 6) is 0.860. The van der Waals surface area contributed by atoms with E-state index in [9.17, 15) is 0 Å². The zero-order valence-electron chi connectivity index (χ0n) is 16.7. The normalized spacial score (nSPS) is 11.0. The smallest absolute Gasteiger partial charge is 0.121 e.